The number of benzene rings is 2. The summed E-state index contributed by atoms with van der Waals surface area (Å²) in [5.41, 5.74) is 2.22. The van der Waals surface area contributed by atoms with E-state index in [-0.39, 0.29) is 0 Å². The molecule has 0 radical (unpaired) electrons. The number of hydrogen-bond donors (Lipinski definition) is 0. The lowest BCUT2D eigenvalue weighted by Crippen LogP contribution is -2.50. The van der Waals surface area contributed by atoms with Crippen LogP contribution in [0.4, 0.5) is 0 Å². The Morgan fingerprint density at radius 3 is 1.97 bits per heavy atom. The number of ether oxygens (including phenoxy) is 1. The summed E-state index contributed by atoms with van der Waals surface area (Å²) in [7, 11) is 0. The molecule has 2 rings (SSSR count). The van der Waals surface area contributed by atoms with Crippen molar-refractivity contribution in [1.82, 2.24) is 0 Å². The van der Waals surface area contributed by atoms with Crippen molar-refractivity contribution in [2.24, 2.45) is 0 Å². The predicted octanol–water partition coefficient (Wildman–Crippen LogP) is 8.00. The fourth-order valence-corrected chi connectivity index (χ4v) is 4.38. The van der Waals surface area contributed by atoms with Crippen LogP contribution in [0, 0.1) is 11.8 Å². The lowest BCUT2D eigenvalue weighted by Gasteiger charge is -2.39. The minimum absolute atomic E-state index is 0.589. The van der Waals surface area contributed by atoms with E-state index in [0.29, 0.717) is 6.61 Å². The van der Waals surface area contributed by atoms with Crippen molar-refractivity contribution in [3.63, 3.8) is 0 Å². The summed E-state index contributed by atoms with van der Waals surface area (Å²) in [5.74, 6) is 7.64. The van der Waals surface area contributed by atoms with Gasteiger partial charge in [-0.3, -0.25) is 0 Å². The van der Waals surface area contributed by atoms with Gasteiger partial charge in [0.15, 0.2) is 0 Å². The maximum atomic E-state index is 5.94. The summed E-state index contributed by atoms with van der Waals surface area (Å²) in [6.45, 7) is 13.0. The summed E-state index contributed by atoms with van der Waals surface area (Å²) in [6.07, 6.45) is 11.4. The molecule has 180 valence electrons. The molecule has 0 saturated carbocycles. The third kappa shape index (κ3) is 11.0. The van der Waals surface area contributed by atoms with E-state index in [9.17, 15) is 0 Å². The van der Waals surface area contributed by atoms with Crippen LogP contribution in [-0.2, 0) is 6.61 Å². The van der Waals surface area contributed by atoms with Crippen molar-refractivity contribution in [1.29, 1.82) is 0 Å². The zero-order chi connectivity index (χ0) is 23.6. The summed E-state index contributed by atoms with van der Waals surface area (Å²) in [5, 5.41) is 0. The van der Waals surface area contributed by atoms with Gasteiger partial charge in [-0.2, -0.15) is 0 Å². The highest BCUT2D eigenvalue weighted by molar-refractivity contribution is 5.39. The second kappa shape index (κ2) is 16.4. The Morgan fingerprint density at radius 1 is 0.697 bits per heavy atom. The third-order valence-electron chi connectivity index (χ3n) is 6.46. The molecular formula is C31H46NO+. The van der Waals surface area contributed by atoms with Crippen molar-refractivity contribution in [2.45, 2.75) is 85.2 Å². The van der Waals surface area contributed by atoms with Gasteiger partial charge in [-0.15, -0.1) is 0 Å². The van der Waals surface area contributed by atoms with Crippen molar-refractivity contribution in [2.75, 3.05) is 26.2 Å². The van der Waals surface area contributed by atoms with Crippen LogP contribution in [0.1, 0.15) is 89.7 Å². The first-order chi connectivity index (χ1) is 16.2. The second-order valence-corrected chi connectivity index (χ2v) is 9.36. The Bertz CT molecular complexity index is 796. The van der Waals surface area contributed by atoms with E-state index in [2.05, 4.69) is 56.9 Å². The van der Waals surface area contributed by atoms with E-state index >= 15 is 0 Å². The maximum Gasteiger partial charge on any atom is 0.121 e. The third-order valence-corrected chi connectivity index (χ3v) is 6.46. The van der Waals surface area contributed by atoms with E-state index in [0.717, 1.165) is 17.7 Å². The highest BCUT2D eigenvalue weighted by Crippen LogP contribution is 2.18. The molecule has 0 saturated heterocycles. The van der Waals surface area contributed by atoms with Gasteiger partial charge in [0, 0.05) is 12.0 Å². The van der Waals surface area contributed by atoms with E-state index in [1.807, 2.05) is 30.3 Å². The summed E-state index contributed by atoms with van der Waals surface area (Å²) < 4.78 is 7.28. The molecule has 2 aromatic rings. The van der Waals surface area contributed by atoms with Gasteiger partial charge >= 0.3 is 0 Å². The standard InChI is InChI=1S/C31H46NO/c1-4-7-23-32(24-8-5-2,25-9-6-3)26-16-11-10-13-18-29-21-17-22-31(27-29)33-28-30-19-14-12-15-20-30/h12,14-15,17,19-22,27H,4-11,16,23-26,28H2,1-3H3/q+1. The van der Waals surface area contributed by atoms with Gasteiger partial charge in [0.25, 0.3) is 0 Å². The Balaban J connectivity index is 1.82. The molecule has 0 amide bonds. The summed E-state index contributed by atoms with van der Waals surface area (Å²) >= 11 is 0. The molecule has 0 heterocycles. The largest absolute Gasteiger partial charge is 0.489 e. The molecule has 0 aliphatic heterocycles. The normalized spacial score (nSPS) is 11.1. The van der Waals surface area contributed by atoms with Gasteiger partial charge in [0.2, 0.25) is 0 Å². The number of quaternary nitrogens is 1. The van der Waals surface area contributed by atoms with E-state index < -0.39 is 0 Å². The molecule has 0 bridgehead atoms. The molecule has 2 heteroatoms. The summed E-state index contributed by atoms with van der Waals surface area (Å²) in [4.78, 5) is 0. The van der Waals surface area contributed by atoms with Crippen LogP contribution in [0.2, 0.25) is 0 Å². The van der Waals surface area contributed by atoms with E-state index in [4.69, 9.17) is 4.74 Å². The van der Waals surface area contributed by atoms with Gasteiger partial charge in [0.1, 0.15) is 12.4 Å². The van der Waals surface area contributed by atoms with Crippen molar-refractivity contribution >= 4 is 0 Å². The first-order valence-electron chi connectivity index (χ1n) is 13.3. The molecule has 2 aromatic carbocycles. The van der Waals surface area contributed by atoms with Gasteiger partial charge in [-0.05, 0) is 55.9 Å². The number of unbranched alkanes of at least 4 members (excludes halogenated alkanes) is 5. The van der Waals surface area contributed by atoms with Gasteiger partial charge < -0.3 is 9.22 Å². The van der Waals surface area contributed by atoms with Crippen LogP contribution in [0.15, 0.2) is 54.6 Å². The predicted molar refractivity (Wildman–Crippen MR) is 142 cm³/mol. The lowest BCUT2D eigenvalue weighted by molar-refractivity contribution is -0.929. The number of rotatable bonds is 16. The smallest absolute Gasteiger partial charge is 0.121 e. The molecule has 33 heavy (non-hydrogen) atoms. The highest BCUT2D eigenvalue weighted by Gasteiger charge is 2.24. The average Bonchev–Trinajstić information content (AvgIpc) is 2.86. The van der Waals surface area contributed by atoms with Crippen LogP contribution in [0.25, 0.3) is 0 Å². The quantitative estimate of drug-likeness (QED) is 0.144. The first kappa shape index (κ1) is 27.0. The van der Waals surface area contributed by atoms with Crippen molar-refractivity contribution in [3.8, 4) is 17.6 Å². The molecule has 0 aliphatic carbocycles. The zero-order valence-electron chi connectivity index (χ0n) is 21.5. The SMILES string of the molecule is CCCC[N+](CCCC)(CCCC)CCCCC#Cc1cccc(OCc2ccccc2)c1. The van der Waals surface area contributed by atoms with E-state index in [1.54, 1.807) is 0 Å². The van der Waals surface area contributed by atoms with Gasteiger partial charge in [-0.25, -0.2) is 0 Å². The fraction of sp³-hybridized carbons (Fsp3) is 0.548. The van der Waals surface area contributed by atoms with Crippen LogP contribution in [0.5, 0.6) is 5.75 Å². The monoisotopic (exact) mass is 448 g/mol. The Morgan fingerprint density at radius 2 is 1.33 bits per heavy atom. The summed E-state index contributed by atoms with van der Waals surface area (Å²) in [6, 6.07) is 18.5. The van der Waals surface area contributed by atoms with Crippen molar-refractivity contribution < 1.29 is 9.22 Å². The lowest BCUT2D eigenvalue weighted by atomic mass is 10.1. The molecule has 0 spiro atoms. The molecule has 0 aliphatic rings. The molecule has 0 N–H and O–H groups in total. The molecular weight excluding hydrogens is 402 g/mol. The first-order valence-corrected chi connectivity index (χ1v) is 13.3. The molecule has 0 atom stereocenters. The van der Waals surface area contributed by atoms with Crippen LogP contribution in [-0.4, -0.2) is 30.7 Å². The molecule has 0 aromatic heterocycles. The Labute approximate surface area is 204 Å². The van der Waals surface area contributed by atoms with Crippen LogP contribution >= 0.6 is 0 Å². The van der Waals surface area contributed by atoms with Crippen LogP contribution < -0.4 is 4.74 Å². The molecule has 0 unspecified atom stereocenters. The zero-order valence-corrected chi connectivity index (χ0v) is 21.5. The average molecular weight is 449 g/mol. The number of hydrogen-bond acceptors (Lipinski definition) is 1. The van der Waals surface area contributed by atoms with Crippen molar-refractivity contribution in [3.05, 3.63) is 65.7 Å². The Kier molecular flexibility index (Phi) is 13.4. The Hall–Kier alpha value is -2.24. The van der Waals surface area contributed by atoms with E-state index in [1.165, 1.54) is 87.6 Å². The minimum Gasteiger partial charge on any atom is -0.489 e. The highest BCUT2D eigenvalue weighted by atomic mass is 16.5. The minimum atomic E-state index is 0.589. The van der Waals surface area contributed by atoms with Gasteiger partial charge in [-0.1, -0.05) is 88.3 Å². The number of nitrogens with zero attached hydrogens (tertiary/aromatic N) is 1. The fourth-order valence-electron chi connectivity index (χ4n) is 4.38. The van der Waals surface area contributed by atoms with Gasteiger partial charge in [0.05, 0.1) is 26.2 Å². The topological polar surface area (TPSA) is 9.23 Å². The second-order valence-electron chi connectivity index (χ2n) is 9.36. The molecule has 2 nitrogen and oxygen atoms in total. The van der Waals surface area contributed by atoms with Crippen LogP contribution in [0.3, 0.4) is 0 Å². The maximum absolute atomic E-state index is 5.94. The molecule has 0 fully saturated rings.